The number of thioether (sulfide) groups is 1. The average molecular weight is 338 g/mol. The number of carbonyl (C=O) groups excluding carboxylic acids is 2. The lowest BCUT2D eigenvalue weighted by atomic mass is 9.99. The molecule has 0 radical (unpaired) electrons. The maximum Gasteiger partial charge on any atom is 0.321 e. The highest BCUT2D eigenvalue weighted by Crippen LogP contribution is 2.30. The van der Waals surface area contributed by atoms with E-state index in [-0.39, 0.29) is 23.8 Å². The van der Waals surface area contributed by atoms with Gasteiger partial charge in [0.15, 0.2) is 0 Å². The highest BCUT2D eigenvalue weighted by molar-refractivity contribution is 7.98. The third-order valence-corrected chi connectivity index (χ3v) is 4.78. The van der Waals surface area contributed by atoms with E-state index in [1.165, 1.54) is 7.11 Å². The molecule has 1 aromatic rings. The van der Waals surface area contributed by atoms with E-state index in [4.69, 9.17) is 9.47 Å². The van der Waals surface area contributed by atoms with Gasteiger partial charge in [0.2, 0.25) is 0 Å². The summed E-state index contributed by atoms with van der Waals surface area (Å²) in [6, 6.07) is 5.38. The molecule has 0 aliphatic carbocycles. The molecule has 2 rings (SSSR count). The molecule has 0 unspecified atom stereocenters. The Morgan fingerprint density at radius 2 is 2.04 bits per heavy atom. The van der Waals surface area contributed by atoms with Gasteiger partial charge in [-0.1, -0.05) is 6.92 Å². The van der Waals surface area contributed by atoms with Gasteiger partial charge in [-0.2, -0.15) is 0 Å². The molecule has 0 aromatic heterocycles. The standard InChI is InChI=1S/C16H22N2O4S/c1-10-8-18(9-12(10)15(19)22-3)16(20)17-13-6-5-11(23-4)7-14(13)21-2/h5-7,10,12H,8-9H2,1-4H3,(H,17,20)/t10-,12-/m1/s1. The summed E-state index contributed by atoms with van der Waals surface area (Å²) < 4.78 is 10.1. The summed E-state index contributed by atoms with van der Waals surface area (Å²) in [5.74, 6) is 0.150. The first-order chi connectivity index (χ1) is 11.0. The molecule has 1 saturated heterocycles. The molecule has 1 aromatic carbocycles. The van der Waals surface area contributed by atoms with Crippen LogP contribution in [0.5, 0.6) is 5.75 Å². The lowest BCUT2D eigenvalue weighted by molar-refractivity contribution is -0.145. The van der Waals surface area contributed by atoms with E-state index in [0.717, 1.165) is 4.90 Å². The van der Waals surface area contributed by atoms with Gasteiger partial charge in [0, 0.05) is 18.0 Å². The molecule has 6 nitrogen and oxygen atoms in total. The van der Waals surface area contributed by atoms with Crippen molar-refractivity contribution >= 4 is 29.4 Å². The van der Waals surface area contributed by atoms with Crippen molar-refractivity contribution in [1.29, 1.82) is 0 Å². The van der Waals surface area contributed by atoms with Crippen molar-refractivity contribution in [1.82, 2.24) is 4.90 Å². The summed E-state index contributed by atoms with van der Waals surface area (Å²) in [5.41, 5.74) is 0.615. The van der Waals surface area contributed by atoms with Crippen LogP contribution in [0.15, 0.2) is 23.1 Å². The van der Waals surface area contributed by atoms with Crippen molar-refractivity contribution in [2.75, 3.05) is 38.9 Å². The third kappa shape index (κ3) is 3.90. The fourth-order valence-electron chi connectivity index (χ4n) is 2.69. The summed E-state index contributed by atoms with van der Waals surface area (Å²) in [4.78, 5) is 26.8. The number of amides is 2. The summed E-state index contributed by atoms with van der Waals surface area (Å²) in [6.45, 7) is 2.84. The third-order valence-electron chi connectivity index (χ3n) is 4.05. The number of rotatable bonds is 4. The summed E-state index contributed by atoms with van der Waals surface area (Å²) >= 11 is 1.60. The number of benzene rings is 1. The first kappa shape index (κ1) is 17.5. The van der Waals surface area contributed by atoms with Crippen LogP contribution in [0.4, 0.5) is 10.5 Å². The van der Waals surface area contributed by atoms with E-state index in [2.05, 4.69) is 5.32 Å². The number of urea groups is 1. The first-order valence-corrected chi connectivity index (χ1v) is 8.58. The van der Waals surface area contributed by atoms with Crippen LogP contribution >= 0.6 is 11.8 Å². The van der Waals surface area contributed by atoms with Crippen LogP contribution in [0.3, 0.4) is 0 Å². The van der Waals surface area contributed by atoms with Crippen molar-refractivity contribution in [2.45, 2.75) is 11.8 Å². The van der Waals surface area contributed by atoms with Crippen LogP contribution in [0.1, 0.15) is 6.92 Å². The highest BCUT2D eigenvalue weighted by Gasteiger charge is 2.37. The fraction of sp³-hybridized carbons (Fsp3) is 0.500. The minimum atomic E-state index is -0.272. The predicted octanol–water partition coefficient (Wildman–Crippen LogP) is 2.69. The number of ether oxygens (including phenoxy) is 2. The Morgan fingerprint density at radius 3 is 2.65 bits per heavy atom. The van der Waals surface area contributed by atoms with Gasteiger partial charge in [-0.25, -0.2) is 4.79 Å². The fourth-order valence-corrected chi connectivity index (χ4v) is 3.12. The zero-order chi connectivity index (χ0) is 17.0. The number of methoxy groups -OCH3 is 2. The SMILES string of the molecule is COC(=O)[C@@H]1CN(C(=O)Nc2ccc(SC)cc2OC)C[C@H]1C. The summed E-state index contributed by atoms with van der Waals surface area (Å²) in [7, 11) is 2.94. The van der Waals surface area contributed by atoms with Gasteiger partial charge in [-0.15, -0.1) is 11.8 Å². The van der Waals surface area contributed by atoms with Crippen LogP contribution in [0.2, 0.25) is 0 Å². The van der Waals surface area contributed by atoms with Gasteiger partial charge in [-0.05, 0) is 30.4 Å². The molecule has 1 N–H and O–H groups in total. The zero-order valence-corrected chi connectivity index (χ0v) is 14.6. The summed E-state index contributed by atoms with van der Waals surface area (Å²) in [6.07, 6.45) is 1.98. The second-order valence-corrected chi connectivity index (χ2v) is 6.39. The number of hydrogen-bond acceptors (Lipinski definition) is 5. The quantitative estimate of drug-likeness (QED) is 0.675. The molecular weight excluding hydrogens is 316 g/mol. The van der Waals surface area contributed by atoms with Crippen LogP contribution in [0.25, 0.3) is 0 Å². The Kier molecular flexibility index (Phi) is 5.76. The molecule has 0 saturated carbocycles. The molecule has 2 amide bonds. The first-order valence-electron chi connectivity index (χ1n) is 7.36. The Bertz CT molecular complexity index is 593. The van der Waals surface area contributed by atoms with Crippen LogP contribution in [0, 0.1) is 11.8 Å². The van der Waals surface area contributed by atoms with Crippen LogP contribution < -0.4 is 10.1 Å². The van der Waals surface area contributed by atoms with E-state index in [1.54, 1.807) is 23.8 Å². The molecule has 1 fully saturated rings. The monoisotopic (exact) mass is 338 g/mol. The minimum absolute atomic E-state index is 0.0777. The van der Waals surface area contributed by atoms with Gasteiger partial charge >= 0.3 is 12.0 Å². The van der Waals surface area contributed by atoms with Crippen LogP contribution in [-0.2, 0) is 9.53 Å². The molecule has 1 heterocycles. The van der Waals surface area contributed by atoms with Crippen molar-refractivity contribution < 1.29 is 19.1 Å². The smallest absolute Gasteiger partial charge is 0.321 e. The van der Waals surface area contributed by atoms with Gasteiger partial charge in [0.25, 0.3) is 0 Å². The molecule has 23 heavy (non-hydrogen) atoms. The van der Waals surface area contributed by atoms with E-state index < -0.39 is 0 Å². The van der Waals surface area contributed by atoms with Crippen LogP contribution in [-0.4, -0.2) is 50.5 Å². The topological polar surface area (TPSA) is 67.9 Å². The Morgan fingerprint density at radius 1 is 1.30 bits per heavy atom. The molecule has 1 aliphatic rings. The lowest BCUT2D eigenvalue weighted by Crippen LogP contribution is -2.34. The van der Waals surface area contributed by atoms with E-state index in [9.17, 15) is 9.59 Å². The largest absolute Gasteiger partial charge is 0.495 e. The number of nitrogens with one attached hydrogen (secondary N) is 1. The normalized spacial score (nSPS) is 20.3. The number of esters is 1. The van der Waals surface area contributed by atoms with Gasteiger partial charge in [0.05, 0.1) is 25.8 Å². The number of carbonyl (C=O) groups is 2. The zero-order valence-electron chi connectivity index (χ0n) is 13.8. The predicted molar refractivity (Wildman–Crippen MR) is 90.0 cm³/mol. The molecule has 0 bridgehead atoms. The highest BCUT2D eigenvalue weighted by atomic mass is 32.2. The lowest BCUT2D eigenvalue weighted by Gasteiger charge is -2.18. The Balaban J connectivity index is 2.07. The minimum Gasteiger partial charge on any atom is -0.495 e. The molecular formula is C16H22N2O4S. The second-order valence-electron chi connectivity index (χ2n) is 5.51. The van der Waals surface area contributed by atoms with Gasteiger partial charge in [0.1, 0.15) is 5.75 Å². The van der Waals surface area contributed by atoms with E-state index in [0.29, 0.717) is 24.5 Å². The van der Waals surface area contributed by atoms with Crippen molar-refractivity contribution in [3.63, 3.8) is 0 Å². The molecule has 126 valence electrons. The number of anilines is 1. The number of likely N-dealkylation sites (tertiary alicyclic amines) is 1. The second kappa shape index (κ2) is 7.59. The van der Waals surface area contributed by atoms with E-state index >= 15 is 0 Å². The van der Waals surface area contributed by atoms with Gasteiger partial charge in [-0.3, -0.25) is 4.79 Å². The Hall–Kier alpha value is -1.89. The molecule has 0 spiro atoms. The summed E-state index contributed by atoms with van der Waals surface area (Å²) in [5, 5.41) is 2.85. The molecule has 2 atom stereocenters. The Labute approximate surface area is 140 Å². The van der Waals surface area contributed by atoms with Crippen molar-refractivity contribution in [2.24, 2.45) is 11.8 Å². The molecule has 7 heteroatoms. The van der Waals surface area contributed by atoms with E-state index in [1.807, 2.05) is 31.4 Å². The van der Waals surface area contributed by atoms with Crippen molar-refractivity contribution in [3.8, 4) is 5.75 Å². The maximum atomic E-state index is 12.4. The maximum absolute atomic E-state index is 12.4. The number of hydrogen-bond donors (Lipinski definition) is 1. The average Bonchev–Trinajstić information content (AvgIpc) is 2.96. The van der Waals surface area contributed by atoms with Gasteiger partial charge < -0.3 is 19.7 Å². The molecule has 1 aliphatic heterocycles. The van der Waals surface area contributed by atoms with Crippen molar-refractivity contribution in [3.05, 3.63) is 18.2 Å². The number of nitrogens with zero attached hydrogens (tertiary/aromatic N) is 1.